The maximum absolute atomic E-state index is 12.5. The van der Waals surface area contributed by atoms with Crippen molar-refractivity contribution in [2.45, 2.75) is 52.2 Å². The summed E-state index contributed by atoms with van der Waals surface area (Å²) in [6, 6.07) is 0.334. The molecule has 2 aromatic rings. The molecule has 1 amide bonds. The summed E-state index contributed by atoms with van der Waals surface area (Å²) in [5.74, 6) is 2.13. The molecule has 8 nitrogen and oxygen atoms in total. The van der Waals surface area contributed by atoms with Crippen molar-refractivity contribution in [1.29, 1.82) is 0 Å². The van der Waals surface area contributed by atoms with Gasteiger partial charge in [-0.15, -0.1) is 11.3 Å². The second kappa shape index (κ2) is 9.21. The Morgan fingerprint density at radius 2 is 1.84 bits per heavy atom. The number of thiophene rings is 1. The van der Waals surface area contributed by atoms with Gasteiger partial charge in [0.15, 0.2) is 0 Å². The van der Waals surface area contributed by atoms with E-state index in [0.29, 0.717) is 6.04 Å². The smallest absolute Gasteiger partial charge is 0.237 e. The van der Waals surface area contributed by atoms with Gasteiger partial charge in [-0.1, -0.05) is 0 Å². The first-order chi connectivity index (χ1) is 15.5. The Labute approximate surface area is 193 Å². The largest absolute Gasteiger partial charge is 0.379 e. The van der Waals surface area contributed by atoms with Crippen LogP contribution in [0, 0.1) is 13.8 Å². The quantitative estimate of drug-likeness (QED) is 0.709. The summed E-state index contributed by atoms with van der Waals surface area (Å²) >= 11 is 1.77. The van der Waals surface area contributed by atoms with Crippen LogP contribution in [-0.2, 0) is 16.1 Å². The van der Waals surface area contributed by atoms with Crippen LogP contribution >= 0.6 is 11.3 Å². The minimum Gasteiger partial charge on any atom is -0.379 e. The number of anilines is 1. The number of rotatable bonds is 6. The number of hydrogen-bond acceptors (Lipinski definition) is 8. The molecule has 9 heteroatoms. The first-order valence-electron chi connectivity index (χ1n) is 11.9. The molecule has 0 bridgehead atoms. The van der Waals surface area contributed by atoms with Crippen molar-refractivity contribution in [3.05, 3.63) is 16.3 Å². The van der Waals surface area contributed by atoms with Gasteiger partial charge >= 0.3 is 0 Å². The van der Waals surface area contributed by atoms with Gasteiger partial charge < -0.3 is 15.0 Å². The number of nitrogens with zero attached hydrogens (tertiary/aromatic N) is 5. The van der Waals surface area contributed by atoms with Crippen molar-refractivity contribution in [2.24, 2.45) is 0 Å². The maximum atomic E-state index is 12.5. The molecule has 1 atom stereocenters. The van der Waals surface area contributed by atoms with Crippen molar-refractivity contribution < 1.29 is 9.53 Å². The van der Waals surface area contributed by atoms with Crippen LogP contribution in [0.1, 0.15) is 36.0 Å². The zero-order valence-corrected chi connectivity index (χ0v) is 20.2. The summed E-state index contributed by atoms with van der Waals surface area (Å²) in [5.41, 5.74) is 1.29. The third kappa shape index (κ3) is 4.62. The summed E-state index contributed by atoms with van der Waals surface area (Å²) in [5, 5.41) is 4.35. The Morgan fingerprint density at radius 1 is 1.12 bits per heavy atom. The van der Waals surface area contributed by atoms with Gasteiger partial charge in [0.2, 0.25) is 5.91 Å². The summed E-state index contributed by atoms with van der Waals surface area (Å²) in [6.45, 7) is 14.0. The molecule has 1 saturated carbocycles. The minimum atomic E-state index is -0.0785. The predicted octanol–water partition coefficient (Wildman–Crippen LogP) is 1.93. The average Bonchev–Trinajstić information content (AvgIpc) is 3.57. The van der Waals surface area contributed by atoms with Crippen LogP contribution in [0.3, 0.4) is 0 Å². The van der Waals surface area contributed by atoms with Crippen LogP contribution < -0.4 is 10.2 Å². The van der Waals surface area contributed by atoms with Crippen LogP contribution in [0.25, 0.3) is 10.2 Å². The number of morpholine rings is 1. The van der Waals surface area contributed by atoms with Gasteiger partial charge in [-0.2, -0.15) is 0 Å². The van der Waals surface area contributed by atoms with Crippen molar-refractivity contribution in [3.8, 4) is 0 Å². The number of aromatic nitrogens is 2. The number of carbonyl (C=O) groups excluding carboxylic acids is 1. The highest BCUT2D eigenvalue weighted by Gasteiger charge is 2.31. The van der Waals surface area contributed by atoms with Crippen molar-refractivity contribution in [3.63, 3.8) is 0 Å². The van der Waals surface area contributed by atoms with Gasteiger partial charge in [-0.05, 0) is 39.2 Å². The van der Waals surface area contributed by atoms with E-state index in [1.54, 1.807) is 11.3 Å². The SMILES string of the molecule is Cc1sc2nc(CN3CCOCC3)nc(N3CCN(C(C)C(=O)NC4CC4)CC3)c2c1C. The monoisotopic (exact) mass is 458 g/mol. The van der Waals surface area contributed by atoms with Gasteiger partial charge in [-0.3, -0.25) is 14.6 Å². The maximum Gasteiger partial charge on any atom is 0.237 e. The summed E-state index contributed by atoms with van der Waals surface area (Å²) in [7, 11) is 0. The van der Waals surface area contributed by atoms with Gasteiger partial charge in [0.25, 0.3) is 0 Å². The standard InChI is InChI=1S/C23H34N6O2S/c1-15-17(3)32-23-20(15)21(25-19(26-23)14-27-10-12-31-13-11-27)29-8-6-28(7-9-29)16(2)22(30)24-18-4-5-18/h16,18H,4-14H2,1-3H3,(H,24,30). The lowest BCUT2D eigenvalue weighted by atomic mass is 10.1. The fraction of sp³-hybridized carbons (Fsp3) is 0.696. The van der Waals surface area contributed by atoms with Crippen molar-refractivity contribution >= 4 is 33.3 Å². The van der Waals surface area contributed by atoms with Crippen LogP contribution in [-0.4, -0.2) is 90.2 Å². The second-order valence-electron chi connectivity index (χ2n) is 9.30. The lowest BCUT2D eigenvalue weighted by molar-refractivity contribution is -0.126. The Balaban J connectivity index is 1.34. The predicted molar refractivity (Wildman–Crippen MR) is 127 cm³/mol. The number of fused-ring (bicyclic) bond motifs is 1. The van der Waals surface area contributed by atoms with Crippen molar-refractivity contribution in [2.75, 3.05) is 57.4 Å². The molecule has 1 aliphatic carbocycles. The molecule has 1 N–H and O–H groups in total. The van der Waals surface area contributed by atoms with E-state index in [1.165, 1.54) is 15.8 Å². The second-order valence-corrected chi connectivity index (χ2v) is 10.5. The zero-order chi connectivity index (χ0) is 22.2. The Kier molecular flexibility index (Phi) is 6.33. The van der Waals surface area contributed by atoms with Crippen LogP contribution in [0.15, 0.2) is 0 Å². The van der Waals surface area contributed by atoms with Gasteiger partial charge in [-0.25, -0.2) is 9.97 Å². The molecule has 2 saturated heterocycles. The molecule has 2 aliphatic heterocycles. The molecule has 5 rings (SSSR count). The molecule has 1 unspecified atom stereocenters. The molecule has 0 aromatic carbocycles. The lowest BCUT2D eigenvalue weighted by Crippen LogP contribution is -2.54. The van der Waals surface area contributed by atoms with Gasteiger partial charge in [0.1, 0.15) is 16.5 Å². The highest BCUT2D eigenvalue weighted by atomic mass is 32.1. The third-order valence-corrected chi connectivity index (χ3v) is 8.09. The van der Waals surface area contributed by atoms with E-state index in [4.69, 9.17) is 14.7 Å². The van der Waals surface area contributed by atoms with Crippen LogP contribution in [0.2, 0.25) is 0 Å². The van der Waals surface area contributed by atoms with E-state index in [2.05, 4.69) is 33.9 Å². The molecule has 2 aromatic heterocycles. The summed E-state index contributed by atoms with van der Waals surface area (Å²) in [4.78, 5) is 32.0. The van der Waals surface area contributed by atoms with E-state index in [1.807, 2.05) is 6.92 Å². The molecule has 32 heavy (non-hydrogen) atoms. The molecule has 0 radical (unpaired) electrons. The molecule has 3 fully saturated rings. The summed E-state index contributed by atoms with van der Waals surface area (Å²) in [6.07, 6.45) is 2.25. The number of hydrogen-bond donors (Lipinski definition) is 1. The Bertz CT molecular complexity index is 977. The molecular weight excluding hydrogens is 424 g/mol. The average molecular weight is 459 g/mol. The number of nitrogens with one attached hydrogen (secondary N) is 1. The van der Waals surface area contributed by atoms with Gasteiger partial charge in [0, 0.05) is 50.2 Å². The number of ether oxygens (including phenoxy) is 1. The van der Waals surface area contributed by atoms with Crippen LogP contribution in [0.4, 0.5) is 5.82 Å². The molecule has 4 heterocycles. The molecule has 174 valence electrons. The topological polar surface area (TPSA) is 73.8 Å². The van der Waals surface area contributed by atoms with E-state index in [9.17, 15) is 4.79 Å². The van der Waals surface area contributed by atoms with Crippen molar-refractivity contribution in [1.82, 2.24) is 25.1 Å². The number of amides is 1. The van der Waals surface area contributed by atoms with E-state index < -0.39 is 0 Å². The minimum absolute atomic E-state index is 0.0785. The van der Waals surface area contributed by atoms with E-state index >= 15 is 0 Å². The van der Waals surface area contributed by atoms with E-state index in [-0.39, 0.29) is 11.9 Å². The normalized spacial score (nSPS) is 21.8. The highest BCUT2D eigenvalue weighted by Crippen LogP contribution is 2.35. The van der Waals surface area contributed by atoms with E-state index in [0.717, 1.165) is 88.3 Å². The number of aryl methyl sites for hydroxylation is 2. The summed E-state index contributed by atoms with van der Waals surface area (Å²) < 4.78 is 5.49. The third-order valence-electron chi connectivity index (χ3n) is 6.99. The first-order valence-corrected chi connectivity index (χ1v) is 12.7. The number of carbonyl (C=O) groups is 1. The molecule has 3 aliphatic rings. The molecule has 0 spiro atoms. The first kappa shape index (κ1) is 22.0. The fourth-order valence-electron chi connectivity index (χ4n) is 4.57. The molecular formula is C23H34N6O2S. The number of piperazine rings is 1. The lowest BCUT2D eigenvalue weighted by Gasteiger charge is -2.38. The van der Waals surface area contributed by atoms with Crippen LogP contribution in [0.5, 0.6) is 0 Å². The zero-order valence-electron chi connectivity index (χ0n) is 19.4. The highest BCUT2D eigenvalue weighted by molar-refractivity contribution is 7.18. The Hall–Kier alpha value is -1.81. The Morgan fingerprint density at radius 3 is 2.53 bits per heavy atom. The van der Waals surface area contributed by atoms with Gasteiger partial charge in [0.05, 0.1) is 31.2 Å². The fourth-order valence-corrected chi connectivity index (χ4v) is 5.61.